The molecule has 1 N–H and O–H groups in total. The average Bonchev–Trinajstić information content (AvgIpc) is 2.55. The minimum Gasteiger partial charge on any atom is -0.476 e. The molecule has 1 aliphatic heterocycles. The van der Waals surface area contributed by atoms with Crippen molar-refractivity contribution < 1.29 is 22.3 Å². The summed E-state index contributed by atoms with van der Waals surface area (Å²) in [5.41, 5.74) is 1.23. The molecule has 0 spiro atoms. The van der Waals surface area contributed by atoms with Gasteiger partial charge in [0.25, 0.3) is 5.91 Å². The number of nitrogens with one attached hydrogen (secondary N) is 1. The lowest BCUT2D eigenvalue weighted by molar-refractivity contribution is -0.122. The first-order valence-corrected chi connectivity index (χ1v) is 10.3. The Kier molecular flexibility index (Phi) is 4.94. The zero-order valence-electron chi connectivity index (χ0n) is 14.0. The third kappa shape index (κ3) is 3.83. The number of nitrogens with zero attached hydrogens (tertiary/aromatic N) is 1. The Bertz CT molecular complexity index is 981. The number of benzene rings is 2. The van der Waals surface area contributed by atoms with Crippen LogP contribution in [0.5, 0.6) is 5.75 Å². The monoisotopic (exact) mass is 442 g/mol. The summed E-state index contributed by atoms with van der Waals surface area (Å²) >= 11 is 3.14. The van der Waals surface area contributed by atoms with Gasteiger partial charge in [-0.25, -0.2) is 12.8 Å². The van der Waals surface area contributed by atoms with Gasteiger partial charge < -0.3 is 10.1 Å². The molecule has 6 nitrogen and oxygen atoms in total. The van der Waals surface area contributed by atoms with Crippen molar-refractivity contribution in [2.75, 3.05) is 22.4 Å². The van der Waals surface area contributed by atoms with Crippen molar-refractivity contribution in [2.24, 2.45) is 0 Å². The molecule has 0 aromatic heterocycles. The van der Waals surface area contributed by atoms with Crippen molar-refractivity contribution in [3.05, 3.63) is 52.3 Å². The maximum Gasteiger partial charge on any atom is 0.267 e. The van der Waals surface area contributed by atoms with E-state index in [-0.39, 0.29) is 18.0 Å². The number of carbonyl (C=O) groups excluding carboxylic acids is 1. The van der Waals surface area contributed by atoms with E-state index >= 15 is 0 Å². The third-order valence-electron chi connectivity index (χ3n) is 3.87. The van der Waals surface area contributed by atoms with Crippen LogP contribution < -0.4 is 14.4 Å². The van der Waals surface area contributed by atoms with Crippen LogP contribution in [0.15, 0.2) is 40.9 Å². The fraction of sp³-hybridized carbons (Fsp3) is 0.235. The number of hydrogen-bond acceptors (Lipinski definition) is 4. The molecule has 1 amide bonds. The Labute approximate surface area is 159 Å². The number of aryl methyl sites for hydroxylation is 1. The quantitative estimate of drug-likeness (QED) is 0.792. The molecule has 0 aliphatic carbocycles. The molecule has 2 aromatic rings. The summed E-state index contributed by atoms with van der Waals surface area (Å²) in [6.45, 7) is 1.63. The minimum atomic E-state index is -3.62. The van der Waals surface area contributed by atoms with Gasteiger partial charge in [-0.1, -0.05) is 22.0 Å². The number of fused-ring (bicyclic) bond motifs is 1. The van der Waals surface area contributed by atoms with E-state index in [1.807, 2.05) is 6.92 Å². The highest BCUT2D eigenvalue weighted by atomic mass is 79.9. The van der Waals surface area contributed by atoms with E-state index in [1.54, 1.807) is 24.3 Å². The predicted molar refractivity (Wildman–Crippen MR) is 101 cm³/mol. The van der Waals surface area contributed by atoms with Crippen LogP contribution in [0.1, 0.15) is 5.56 Å². The average molecular weight is 443 g/mol. The van der Waals surface area contributed by atoms with Crippen molar-refractivity contribution >= 4 is 43.2 Å². The Morgan fingerprint density at radius 3 is 2.69 bits per heavy atom. The van der Waals surface area contributed by atoms with Crippen LogP contribution in [0, 0.1) is 12.7 Å². The van der Waals surface area contributed by atoms with E-state index in [0.29, 0.717) is 10.2 Å². The first-order chi connectivity index (χ1) is 12.1. The Balaban J connectivity index is 1.89. The molecule has 0 unspecified atom stereocenters. The fourth-order valence-corrected chi connectivity index (χ4v) is 3.86. The zero-order valence-corrected chi connectivity index (χ0v) is 16.4. The van der Waals surface area contributed by atoms with Crippen LogP contribution in [-0.2, 0) is 14.8 Å². The van der Waals surface area contributed by atoms with Gasteiger partial charge in [0.1, 0.15) is 11.6 Å². The number of carbonyl (C=O) groups is 1. The van der Waals surface area contributed by atoms with Gasteiger partial charge in [0.05, 0.1) is 24.2 Å². The second-order valence-corrected chi connectivity index (χ2v) is 8.81. The zero-order chi connectivity index (χ0) is 19.1. The lowest BCUT2D eigenvalue weighted by Gasteiger charge is -2.34. The highest BCUT2D eigenvalue weighted by Crippen LogP contribution is 2.36. The van der Waals surface area contributed by atoms with Crippen molar-refractivity contribution in [3.8, 4) is 5.75 Å². The van der Waals surface area contributed by atoms with Gasteiger partial charge in [-0.05, 0) is 42.8 Å². The molecular weight excluding hydrogens is 427 g/mol. The summed E-state index contributed by atoms with van der Waals surface area (Å²) in [6, 6.07) is 9.26. The van der Waals surface area contributed by atoms with Crippen LogP contribution >= 0.6 is 15.9 Å². The fourth-order valence-electron chi connectivity index (χ4n) is 2.62. The van der Waals surface area contributed by atoms with Crippen molar-refractivity contribution in [2.45, 2.75) is 13.0 Å². The lowest BCUT2D eigenvalue weighted by atomic mass is 10.1. The SMILES string of the molecule is Cc1ccc2c(c1)N(S(C)(=O)=O)C[C@@H](C(=O)Nc1ccc(Br)cc1F)O2. The van der Waals surface area contributed by atoms with Crippen LogP contribution in [0.4, 0.5) is 15.8 Å². The highest BCUT2D eigenvalue weighted by molar-refractivity contribution is 9.10. The standard InChI is InChI=1S/C17H16BrFN2O4S/c1-10-3-6-15-14(7-10)21(26(2,23)24)9-16(25-15)17(22)20-13-5-4-11(18)8-12(13)19/h3-8,16H,9H2,1-2H3,(H,20,22)/t16-/m0/s1. The number of anilines is 2. The van der Waals surface area contributed by atoms with E-state index in [2.05, 4.69) is 21.2 Å². The van der Waals surface area contributed by atoms with Gasteiger partial charge >= 0.3 is 0 Å². The maximum absolute atomic E-state index is 13.9. The smallest absolute Gasteiger partial charge is 0.267 e. The van der Waals surface area contributed by atoms with E-state index in [0.717, 1.165) is 16.1 Å². The van der Waals surface area contributed by atoms with Crippen LogP contribution in [0.3, 0.4) is 0 Å². The van der Waals surface area contributed by atoms with E-state index in [1.165, 1.54) is 12.1 Å². The molecule has 0 saturated heterocycles. The van der Waals surface area contributed by atoms with E-state index in [9.17, 15) is 17.6 Å². The van der Waals surface area contributed by atoms with Crippen LogP contribution in [0.2, 0.25) is 0 Å². The lowest BCUT2D eigenvalue weighted by Crippen LogP contribution is -2.48. The number of hydrogen-bond donors (Lipinski definition) is 1. The van der Waals surface area contributed by atoms with Crippen LogP contribution in [-0.4, -0.2) is 33.2 Å². The molecule has 0 radical (unpaired) electrons. The molecule has 1 atom stereocenters. The van der Waals surface area contributed by atoms with Gasteiger partial charge in [-0.2, -0.15) is 0 Å². The van der Waals surface area contributed by atoms with E-state index in [4.69, 9.17) is 4.74 Å². The largest absolute Gasteiger partial charge is 0.476 e. The number of sulfonamides is 1. The summed E-state index contributed by atoms with van der Waals surface area (Å²) in [4.78, 5) is 12.5. The molecule has 1 aliphatic rings. The molecule has 0 saturated carbocycles. The first kappa shape index (κ1) is 18.7. The summed E-state index contributed by atoms with van der Waals surface area (Å²) in [5.74, 6) is -0.964. The molecular formula is C17H16BrFN2O4S. The molecule has 9 heteroatoms. The topological polar surface area (TPSA) is 75.7 Å². The molecule has 26 heavy (non-hydrogen) atoms. The molecule has 0 bridgehead atoms. The van der Waals surface area contributed by atoms with Gasteiger partial charge in [-0.3, -0.25) is 9.10 Å². The third-order valence-corrected chi connectivity index (χ3v) is 5.51. The number of halogens is 2. The van der Waals surface area contributed by atoms with Crippen molar-refractivity contribution in [1.29, 1.82) is 0 Å². The summed E-state index contributed by atoms with van der Waals surface area (Å²) in [5, 5.41) is 2.44. The van der Waals surface area contributed by atoms with Crippen molar-refractivity contribution in [1.82, 2.24) is 0 Å². The van der Waals surface area contributed by atoms with E-state index < -0.39 is 27.9 Å². The Morgan fingerprint density at radius 2 is 2.04 bits per heavy atom. The minimum absolute atomic E-state index is 0.0117. The molecule has 138 valence electrons. The number of ether oxygens (including phenoxy) is 1. The van der Waals surface area contributed by atoms with Crippen LogP contribution in [0.25, 0.3) is 0 Å². The second kappa shape index (κ2) is 6.88. The Morgan fingerprint density at radius 1 is 1.31 bits per heavy atom. The molecule has 2 aromatic carbocycles. The van der Waals surface area contributed by atoms with Gasteiger partial charge in [0, 0.05) is 4.47 Å². The summed E-state index contributed by atoms with van der Waals surface area (Å²) in [6.07, 6.45) is -0.0451. The van der Waals surface area contributed by atoms with Gasteiger partial charge in [0.15, 0.2) is 6.10 Å². The molecule has 3 rings (SSSR count). The first-order valence-electron chi connectivity index (χ1n) is 7.66. The molecule has 0 fully saturated rings. The highest BCUT2D eigenvalue weighted by Gasteiger charge is 2.35. The summed E-state index contributed by atoms with van der Waals surface area (Å²) in [7, 11) is -3.62. The number of rotatable bonds is 3. The van der Waals surface area contributed by atoms with Crippen molar-refractivity contribution in [3.63, 3.8) is 0 Å². The molecule has 1 heterocycles. The summed E-state index contributed by atoms with van der Waals surface area (Å²) < 4.78 is 45.6. The predicted octanol–water partition coefficient (Wildman–Crippen LogP) is 3.06. The number of amides is 1. The van der Waals surface area contributed by atoms with Gasteiger partial charge in [-0.15, -0.1) is 0 Å². The normalized spacial score (nSPS) is 16.6. The Hall–Kier alpha value is -2.13. The maximum atomic E-state index is 13.9. The second-order valence-electron chi connectivity index (χ2n) is 5.99. The van der Waals surface area contributed by atoms with Gasteiger partial charge in [0.2, 0.25) is 10.0 Å².